The molecule has 0 aliphatic heterocycles. The number of hydrogen-bond donors (Lipinski definition) is 2. The first kappa shape index (κ1) is 15.8. The highest BCUT2D eigenvalue weighted by Crippen LogP contribution is 2.36. The van der Waals surface area contributed by atoms with E-state index in [-0.39, 0.29) is 12.4 Å². The predicted octanol–water partition coefficient (Wildman–Crippen LogP) is 0.348. The number of anilines is 1. The third-order valence-corrected chi connectivity index (χ3v) is 3.00. The van der Waals surface area contributed by atoms with Crippen molar-refractivity contribution in [1.82, 2.24) is 20.2 Å². The number of amides is 1. The molecular weight excluding hydrogens is 312 g/mol. The van der Waals surface area contributed by atoms with Crippen molar-refractivity contribution in [3.8, 4) is 11.5 Å². The number of rotatable bonds is 7. The Bertz CT molecular complexity index is 675. The second-order valence-electron chi connectivity index (χ2n) is 4.34. The predicted molar refractivity (Wildman–Crippen MR) is 78.8 cm³/mol. The van der Waals surface area contributed by atoms with Crippen LogP contribution in [0.25, 0.3) is 0 Å². The molecule has 0 fully saturated rings. The number of nitrogens with one attached hydrogen (secondary N) is 1. The van der Waals surface area contributed by atoms with E-state index in [2.05, 4.69) is 20.8 Å². The summed E-state index contributed by atoms with van der Waals surface area (Å²) in [5.74, 6) is 0.594. The van der Waals surface area contributed by atoms with Gasteiger partial charge in [0.1, 0.15) is 0 Å². The molecule has 118 valence electrons. The van der Waals surface area contributed by atoms with Gasteiger partial charge in [-0.25, -0.2) is 4.68 Å². The molecule has 2 aromatic rings. The highest BCUT2D eigenvalue weighted by molar-refractivity contribution is 6.32. The summed E-state index contributed by atoms with van der Waals surface area (Å²) >= 11 is 6.16. The van der Waals surface area contributed by atoms with Gasteiger partial charge < -0.3 is 20.5 Å². The number of nitrogens with zero attached hydrogens (tertiary/aromatic N) is 4. The topological polar surface area (TPSA) is 117 Å². The third-order valence-electron chi connectivity index (χ3n) is 2.72. The SMILES string of the molecule is COc1cc(CNc2nnnn2C)cc(Cl)c1OCC(N)=O. The summed E-state index contributed by atoms with van der Waals surface area (Å²) in [6.45, 7) is 0.151. The Labute approximate surface area is 131 Å². The molecular formula is C12H15ClN6O3. The lowest BCUT2D eigenvalue weighted by Crippen LogP contribution is -2.20. The first-order chi connectivity index (χ1) is 10.5. The van der Waals surface area contributed by atoms with Gasteiger partial charge in [0.15, 0.2) is 18.1 Å². The average molecular weight is 327 g/mol. The zero-order valence-corrected chi connectivity index (χ0v) is 12.8. The van der Waals surface area contributed by atoms with Crippen LogP contribution in [-0.4, -0.2) is 39.8 Å². The first-order valence-electron chi connectivity index (χ1n) is 6.25. The minimum atomic E-state index is -0.598. The lowest BCUT2D eigenvalue weighted by atomic mass is 10.2. The molecule has 1 aromatic carbocycles. The maximum Gasteiger partial charge on any atom is 0.255 e. The Hall–Kier alpha value is -2.55. The number of methoxy groups -OCH3 is 1. The summed E-state index contributed by atoms with van der Waals surface area (Å²) in [5.41, 5.74) is 5.88. The Balaban J connectivity index is 2.14. The number of ether oxygens (including phenoxy) is 2. The van der Waals surface area contributed by atoms with Crippen molar-refractivity contribution in [3.63, 3.8) is 0 Å². The van der Waals surface area contributed by atoms with Crippen LogP contribution in [0.2, 0.25) is 5.02 Å². The molecule has 0 unspecified atom stereocenters. The number of aromatic nitrogens is 4. The van der Waals surface area contributed by atoms with Crippen LogP contribution in [0.1, 0.15) is 5.56 Å². The fourth-order valence-electron chi connectivity index (χ4n) is 1.72. The largest absolute Gasteiger partial charge is 0.493 e. The first-order valence-corrected chi connectivity index (χ1v) is 6.62. The van der Waals surface area contributed by atoms with Crippen LogP contribution in [0, 0.1) is 0 Å². The Morgan fingerprint density at radius 2 is 2.27 bits per heavy atom. The second-order valence-corrected chi connectivity index (χ2v) is 4.75. The molecule has 0 radical (unpaired) electrons. The molecule has 0 spiro atoms. The molecule has 1 heterocycles. The van der Waals surface area contributed by atoms with Gasteiger partial charge in [0, 0.05) is 13.6 Å². The molecule has 0 saturated heterocycles. The van der Waals surface area contributed by atoms with Crippen molar-refractivity contribution in [1.29, 1.82) is 0 Å². The van der Waals surface area contributed by atoms with E-state index >= 15 is 0 Å². The van der Waals surface area contributed by atoms with Crippen LogP contribution in [0.5, 0.6) is 11.5 Å². The van der Waals surface area contributed by atoms with E-state index in [1.807, 2.05) is 0 Å². The monoisotopic (exact) mass is 326 g/mol. The molecule has 3 N–H and O–H groups in total. The molecule has 0 atom stereocenters. The van der Waals surface area contributed by atoms with Gasteiger partial charge in [-0.2, -0.15) is 0 Å². The molecule has 22 heavy (non-hydrogen) atoms. The summed E-state index contributed by atoms with van der Waals surface area (Å²) in [7, 11) is 3.20. The van der Waals surface area contributed by atoms with Gasteiger partial charge in [-0.05, 0) is 28.1 Å². The minimum absolute atomic E-state index is 0.270. The Morgan fingerprint density at radius 3 is 2.86 bits per heavy atom. The third kappa shape index (κ3) is 3.76. The van der Waals surface area contributed by atoms with Crippen LogP contribution in [0.4, 0.5) is 5.95 Å². The van der Waals surface area contributed by atoms with Crippen molar-refractivity contribution in [2.45, 2.75) is 6.54 Å². The number of carbonyl (C=O) groups excluding carboxylic acids is 1. The molecule has 1 amide bonds. The number of nitrogens with two attached hydrogens (primary N) is 1. The maximum absolute atomic E-state index is 10.8. The number of carbonyl (C=O) groups is 1. The Morgan fingerprint density at radius 1 is 1.50 bits per heavy atom. The summed E-state index contributed by atoms with van der Waals surface area (Å²) in [5, 5.41) is 14.4. The lowest BCUT2D eigenvalue weighted by Gasteiger charge is -2.13. The van der Waals surface area contributed by atoms with Gasteiger partial charge in [0.25, 0.3) is 5.91 Å². The number of benzene rings is 1. The highest BCUT2D eigenvalue weighted by Gasteiger charge is 2.13. The van der Waals surface area contributed by atoms with Crippen molar-refractivity contribution in [2.75, 3.05) is 19.0 Å². The van der Waals surface area contributed by atoms with E-state index in [9.17, 15) is 4.79 Å². The van der Waals surface area contributed by atoms with E-state index in [4.69, 9.17) is 26.8 Å². The Kier molecular flexibility index (Phi) is 4.99. The van der Waals surface area contributed by atoms with Crippen LogP contribution in [0.3, 0.4) is 0 Å². The van der Waals surface area contributed by atoms with Gasteiger partial charge in [-0.15, -0.1) is 0 Å². The molecule has 2 rings (SSSR count). The van der Waals surface area contributed by atoms with E-state index < -0.39 is 5.91 Å². The number of halogens is 1. The smallest absolute Gasteiger partial charge is 0.255 e. The second kappa shape index (κ2) is 6.94. The molecule has 0 bridgehead atoms. The van der Waals surface area contributed by atoms with Crippen LogP contribution >= 0.6 is 11.6 Å². The summed E-state index contributed by atoms with van der Waals surface area (Å²) in [6.07, 6.45) is 0. The maximum atomic E-state index is 10.8. The summed E-state index contributed by atoms with van der Waals surface area (Å²) in [4.78, 5) is 10.8. The molecule has 0 aliphatic carbocycles. The standard InChI is InChI=1S/C12H15ClN6O3/c1-19-12(16-17-18-19)15-5-7-3-8(13)11(9(4-7)21-2)22-6-10(14)20/h3-4H,5-6H2,1-2H3,(H2,14,20)(H,15,16,18). The van der Waals surface area contributed by atoms with Gasteiger partial charge in [0.2, 0.25) is 5.95 Å². The minimum Gasteiger partial charge on any atom is -0.493 e. The summed E-state index contributed by atoms with van der Waals surface area (Å²) in [6, 6.07) is 3.43. The number of tetrazole rings is 1. The van der Waals surface area contributed by atoms with Gasteiger partial charge >= 0.3 is 0 Å². The number of hydrogen-bond acceptors (Lipinski definition) is 7. The number of primary amides is 1. The lowest BCUT2D eigenvalue weighted by molar-refractivity contribution is -0.119. The zero-order valence-electron chi connectivity index (χ0n) is 12.0. The molecule has 9 nitrogen and oxygen atoms in total. The van der Waals surface area contributed by atoms with Gasteiger partial charge in [-0.1, -0.05) is 16.7 Å². The van der Waals surface area contributed by atoms with Crippen LogP contribution in [-0.2, 0) is 18.4 Å². The molecule has 10 heteroatoms. The van der Waals surface area contributed by atoms with Crippen LogP contribution in [0.15, 0.2) is 12.1 Å². The fraction of sp³-hybridized carbons (Fsp3) is 0.333. The fourth-order valence-corrected chi connectivity index (χ4v) is 2.01. The van der Waals surface area contributed by atoms with Crippen molar-refractivity contribution < 1.29 is 14.3 Å². The van der Waals surface area contributed by atoms with E-state index in [0.29, 0.717) is 23.3 Å². The van der Waals surface area contributed by atoms with E-state index in [1.165, 1.54) is 11.8 Å². The molecule has 0 saturated carbocycles. The van der Waals surface area contributed by atoms with Crippen LogP contribution < -0.4 is 20.5 Å². The van der Waals surface area contributed by atoms with Gasteiger partial charge in [0.05, 0.1) is 12.1 Å². The van der Waals surface area contributed by atoms with Crippen molar-refractivity contribution in [3.05, 3.63) is 22.7 Å². The van der Waals surface area contributed by atoms with Crippen molar-refractivity contribution >= 4 is 23.5 Å². The molecule has 0 aliphatic rings. The number of aryl methyl sites for hydroxylation is 1. The highest BCUT2D eigenvalue weighted by atomic mass is 35.5. The molecule has 1 aromatic heterocycles. The van der Waals surface area contributed by atoms with Crippen molar-refractivity contribution in [2.24, 2.45) is 12.8 Å². The van der Waals surface area contributed by atoms with E-state index in [1.54, 1.807) is 19.2 Å². The average Bonchev–Trinajstić information content (AvgIpc) is 2.88. The van der Waals surface area contributed by atoms with Gasteiger partial charge in [-0.3, -0.25) is 4.79 Å². The zero-order chi connectivity index (χ0) is 16.1. The quantitative estimate of drug-likeness (QED) is 0.753. The van der Waals surface area contributed by atoms with E-state index in [0.717, 1.165) is 5.56 Å². The normalized spacial score (nSPS) is 10.3. The summed E-state index contributed by atoms with van der Waals surface area (Å²) < 4.78 is 12.0.